The molecule has 29 heavy (non-hydrogen) atoms. The third kappa shape index (κ3) is 3.98. The Morgan fingerprint density at radius 1 is 0.690 bits per heavy atom. The Balaban J connectivity index is 2.29. The molecule has 0 aliphatic heterocycles. The molecule has 1 aliphatic carbocycles. The largest absolute Gasteiger partial charge is 0.0992 e. The van der Waals surface area contributed by atoms with Crippen molar-refractivity contribution in [2.75, 3.05) is 0 Å². The van der Waals surface area contributed by atoms with Crippen molar-refractivity contribution in [3.8, 4) is 0 Å². The minimum Gasteiger partial charge on any atom is -0.0992 e. The Hall–Kier alpha value is -1.04. The summed E-state index contributed by atoms with van der Waals surface area (Å²) in [5.41, 5.74) is 4.80. The van der Waals surface area contributed by atoms with Crippen molar-refractivity contribution in [3.05, 3.63) is 69.8 Å². The molecule has 1 aliphatic rings. The first-order chi connectivity index (χ1) is 13.2. The molecule has 2 aromatic rings. The van der Waals surface area contributed by atoms with Gasteiger partial charge in [-0.05, 0) is 32.5 Å². The van der Waals surface area contributed by atoms with Gasteiger partial charge in [-0.2, -0.15) is 0 Å². The number of hydrogen-bond acceptors (Lipinski definition) is 1. The maximum Gasteiger partial charge on any atom is 0.0862 e. The van der Waals surface area contributed by atoms with Gasteiger partial charge in [0.15, 0.2) is 0 Å². The first-order valence-electron chi connectivity index (χ1n) is 10.8. The van der Waals surface area contributed by atoms with E-state index >= 15 is 0 Å². The Kier molecular flexibility index (Phi) is 5.69. The van der Waals surface area contributed by atoms with Crippen LogP contribution in [0.1, 0.15) is 38.8 Å². The summed E-state index contributed by atoms with van der Waals surface area (Å²) < 4.78 is 1.68. The summed E-state index contributed by atoms with van der Waals surface area (Å²) in [6, 6.07) is 18.3. The average molecular weight is 439 g/mol. The van der Waals surface area contributed by atoms with Crippen molar-refractivity contribution in [1.82, 2.24) is 0 Å². The molecule has 0 saturated heterocycles. The molecule has 0 aromatic heterocycles. The van der Waals surface area contributed by atoms with Crippen molar-refractivity contribution in [1.29, 1.82) is 0 Å². The van der Waals surface area contributed by atoms with Crippen LogP contribution in [-0.2, 0) is 10.8 Å². The second-order valence-corrected chi connectivity index (χ2v) is 23.1. The summed E-state index contributed by atoms with van der Waals surface area (Å²) in [4.78, 5) is 1.49. The SMILES string of the molecule is CC1(C)C(=C(Sc2ccccc2[Si](C)(C)C)[Si](C)(C)C)C(C)(C)c2ccccc21. The Morgan fingerprint density at radius 3 is 1.59 bits per heavy atom. The summed E-state index contributed by atoms with van der Waals surface area (Å²) in [6.07, 6.45) is 0. The molecule has 156 valence electrons. The molecule has 0 nitrogen and oxygen atoms in total. The van der Waals surface area contributed by atoms with Crippen molar-refractivity contribution in [2.24, 2.45) is 0 Å². The van der Waals surface area contributed by atoms with E-state index in [0.717, 1.165) is 0 Å². The molecule has 0 amide bonds. The average Bonchev–Trinajstić information content (AvgIpc) is 2.74. The summed E-state index contributed by atoms with van der Waals surface area (Å²) in [7, 11) is -2.98. The van der Waals surface area contributed by atoms with Crippen LogP contribution >= 0.6 is 11.8 Å². The lowest BCUT2D eigenvalue weighted by Gasteiger charge is -2.37. The standard InChI is InChI=1S/C26H38SSi2/c1-25(2)19-15-11-12-16-20(19)26(3,4)23(25)24(29(8,9)10)27-21-17-13-14-18-22(21)28(5,6)7/h11-18H,1-10H3. The molecule has 0 heterocycles. The molecule has 0 unspecified atom stereocenters. The van der Waals surface area contributed by atoms with Crippen LogP contribution in [-0.4, -0.2) is 16.1 Å². The number of allylic oxidation sites excluding steroid dienone is 1. The van der Waals surface area contributed by atoms with Crippen molar-refractivity contribution in [3.63, 3.8) is 0 Å². The molecule has 0 fully saturated rings. The van der Waals surface area contributed by atoms with Crippen LogP contribution in [0.3, 0.4) is 0 Å². The number of hydrogen-bond donors (Lipinski definition) is 0. The molecule has 2 aromatic carbocycles. The van der Waals surface area contributed by atoms with Gasteiger partial charge in [0.2, 0.25) is 0 Å². The van der Waals surface area contributed by atoms with Crippen LogP contribution in [0, 0.1) is 0 Å². The van der Waals surface area contributed by atoms with Gasteiger partial charge >= 0.3 is 0 Å². The fraction of sp³-hybridized carbons (Fsp3) is 0.462. The van der Waals surface area contributed by atoms with Crippen LogP contribution < -0.4 is 5.19 Å². The van der Waals surface area contributed by atoms with Crippen LogP contribution in [0.2, 0.25) is 39.3 Å². The van der Waals surface area contributed by atoms with Gasteiger partial charge in [-0.15, -0.1) is 0 Å². The summed E-state index contributed by atoms with van der Waals surface area (Å²) in [6.45, 7) is 24.7. The van der Waals surface area contributed by atoms with E-state index in [9.17, 15) is 0 Å². The maximum absolute atomic E-state index is 2.52. The quantitative estimate of drug-likeness (QED) is 0.348. The van der Waals surface area contributed by atoms with E-state index in [1.807, 2.05) is 0 Å². The second kappa shape index (κ2) is 7.28. The van der Waals surface area contributed by atoms with E-state index in [-0.39, 0.29) is 10.8 Å². The zero-order valence-corrected chi connectivity index (χ0v) is 22.8. The van der Waals surface area contributed by atoms with Crippen molar-refractivity contribution < 1.29 is 0 Å². The Labute approximate surface area is 185 Å². The van der Waals surface area contributed by atoms with Crippen molar-refractivity contribution >= 4 is 33.1 Å². The highest BCUT2D eigenvalue weighted by Gasteiger charge is 2.49. The fourth-order valence-corrected chi connectivity index (χ4v) is 11.6. The van der Waals surface area contributed by atoms with E-state index in [4.69, 9.17) is 0 Å². The molecule has 0 radical (unpaired) electrons. The topological polar surface area (TPSA) is 0 Å². The third-order valence-corrected chi connectivity index (χ3v) is 13.3. The minimum absolute atomic E-state index is 0.0663. The normalized spacial score (nSPS) is 17.9. The third-order valence-electron chi connectivity index (χ3n) is 6.34. The molecule has 3 heteroatoms. The molecule has 0 saturated carbocycles. The van der Waals surface area contributed by atoms with Gasteiger partial charge in [0.1, 0.15) is 0 Å². The zero-order chi connectivity index (χ0) is 21.8. The van der Waals surface area contributed by atoms with E-state index in [2.05, 4.69) is 127 Å². The molecule has 0 N–H and O–H groups in total. The fourth-order valence-electron chi connectivity index (χ4n) is 5.06. The lowest BCUT2D eigenvalue weighted by atomic mass is 9.76. The maximum atomic E-state index is 2.52. The highest BCUT2D eigenvalue weighted by Crippen LogP contribution is 2.57. The summed E-state index contributed by atoms with van der Waals surface area (Å²) in [5.74, 6) is 0. The minimum atomic E-state index is -1.58. The van der Waals surface area contributed by atoms with Crippen LogP contribution in [0.25, 0.3) is 0 Å². The first kappa shape index (κ1) is 22.6. The first-order valence-corrected chi connectivity index (χ1v) is 18.6. The molecular weight excluding hydrogens is 401 g/mol. The molecule has 0 spiro atoms. The highest BCUT2D eigenvalue weighted by atomic mass is 32.2. The van der Waals surface area contributed by atoms with Crippen LogP contribution in [0.4, 0.5) is 0 Å². The lowest BCUT2D eigenvalue weighted by molar-refractivity contribution is 0.549. The van der Waals surface area contributed by atoms with E-state index < -0.39 is 16.1 Å². The van der Waals surface area contributed by atoms with Crippen LogP contribution in [0.5, 0.6) is 0 Å². The van der Waals surface area contributed by atoms with Crippen LogP contribution in [0.15, 0.2) is 63.5 Å². The molecular formula is C26H38SSi2. The zero-order valence-electron chi connectivity index (χ0n) is 20.0. The van der Waals surface area contributed by atoms with Gasteiger partial charge in [-0.25, -0.2) is 0 Å². The van der Waals surface area contributed by atoms with E-state index in [0.29, 0.717) is 0 Å². The predicted octanol–water partition coefficient (Wildman–Crippen LogP) is 7.72. The van der Waals surface area contributed by atoms with Gasteiger partial charge in [0.05, 0.1) is 16.1 Å². The monoisotopic (exact) mass is 438 g/mol. The predicted molar refractivity (Wildman–Crippen MR) is 138 cm³/mol. The smallest absolute Gasteiger partial charge is 0.0862 e. The Bertz CT molecular complexity index is 916. The van der Waals surface area contributed by atoms with E-state index in [1.54, 1.807) is 15.3 Å². The molecule has 0 atom stereocenters. The van der Waals surface area contributed by atoms with Gasteiger partial charge < -0.3 is 0 Å². The number of benzene rings is 2. The number of thioether (sulfide) groups is 1. The summed E-state index contributed by atoms with van der Waals surface area (Å²) in [5, 5.41) is 1.59. The number of fused-ring (bicyclic) bond motifs is 1. The van der Waals surface area contributed by atoms with Crippen molar-refractivity contribution in [2.45, 2.75) is 82.7 Å². The highest BCUT2D eigenvalue weighted by molar-refractivity contribution is 8.05. The second-order valence-electron chi connectivity index (χ2n) is 11.6. The molecule has 3 rings (SSSR count). The van der Waals surface area contributed by atoms with E-state index in [1.165, 1.54) is 16.0 Å². The van der Waals surface area contributed by atoms with Gasteiger partial charge in [0.25, 0.3) is 0 Å². The summed E-state index contributed by atoms with van der Waals surface area (Å²) >= 11 is 2.10. The molecule has 0 bridgehead atoms. The number of rotatable bonds is 4. The van der Waals surface area contributed by atoms with Gasteiger partial charge in [0, 0.05) is 15.7 Å². The van der Waals surface area contributed by atoms with Gasteiger partial charge in [-0.1, -0.05) is 121 Å². The Morgan fingerprint density at radius 2 is 1.14 bits per heavy atom. The lowest BCUT2D eigenvalue weighted by Crippen LogP contribution is -2.39. The van der Waals surface area contributed by atoms with Gasteiger partial charge in [-0.3, -0.25) is 0 Å².